The van der Waals surface area contributed by atoms with Gasteiger partial charge in [0.1, 0.15) is 6.17 Å². The number of halogens is 1. The molecule has 0 heterocycles. The maximum absolute atomic E-state index is 12.3. The second-order valence-corrected chi connectivity index (χ2v) is 1.98. The molecule has 0 spiro atoms. The minimum Gasteiger partial charge on any atom is -0.396 e. The third kappa shape index (κ3) is 5.73. The van der Waals surface area contributed by atoms with Crippen LogP contribution in [0.15, 0.2) is 0 Å². The van der Waals surface area contributed by atoms with E-state index in [-0.39, 0.29) is 19.6 Å². The molecule has 0 aliphatic carbocycles. The lowest BCUT2D eigenvalue weighted by molar-refractivity contribution is 0.196. The highest BCUT2D eigenvalue weighted by molar-refractivity contribution is 4.53. The lowest BCUT2D eigenvalue weighted by atomic mass is 10.2. The van der Waals surface area contributed by atoms with Gasteiger partial charge in [0.15, 0.2) is 0 Å². The van der Waals surface area contributed by atoms with E-state index in [1.807, 2.05) is 0 Å². The number of aliphatic hydroxyl groups is 2. The summed E-state index contributed by atoms with van der Waals surface area (Å²) in [6.07, 6.45) is 0.0975. The van der Waals surface area contributed by atoms with E-state index in [0.29, 0.717) is 12.8 Å². The lowest BCUT2D eigenvalue weighted by Gasteiger charge is -2.02. The molecule has 0 aliphatic rings. The molecule has 0 saturated heterocycles. The van der Waals surface area contributed by atoms with Gasteiger partial charge in [0.05, 0.1) is 0 Å². The van der Waals surface area contributed by atoms with Gasteiger partial charge in [-0.2, -0.15) is 0 Å². The quantitative estimate of drug-likeness (QED) is 0.577. The van der Waals surface area contributed by atoms with Crippen molar-refractivity contribution in [2.75, 3.05) is 13.2 Å². The molecule has 0 fully saturated rings. The Balaban J connectivity index is 2.95. The summed E-state index contributed by atoms with van der Waals surface area (Å²) < 4.78 is 12.3. The van der Waals surface area contributed by atoms with Crippen LogP contribution >= 0.6 is 0 Å². The topological polar surface area (TPSA) is 40.5 Å². The SMILES string of the molecule is OCCCC(F)CCO. The smallest absolute Gasteiger partial charge is 0.102 e. The molecular weight excluding hydrogens is 123 g/mol. The van der Waals surface area contributed by atoms with Gasteiger partial charge >= 0.3 is 0 Å². The van der Waals surface area contributed by atoms with Crippen molar-refractivity contribution in [3.63, 3.8) is 0 Å². The normalized spacial score (nSPS) is 13.7. The summed E-state index contributed by atoms with van der Waals surface area (Å²) in [4.78, 5) is 0. The summed E-state index contributed by atoms with van der Waals surface area (Å²) in [5, 5.41) is 16.5. The van der Waals surface area contributed by atoms with Gasteiger partial charge in [-0.25, -0.2) is 4.39 Å². The van der Waals surface area contributed by atoms with Crippen molar-refractivity contribution in [1.29, 1.82) is 0 Å². The Hall–Kier alpha value is -0.150. The second-order valence-electron chi connectivity index (χ2n) is 1.98. The molecule has 0 aromatic carbocycles. The Morgan fingerprint density at radius 2 is 1.78 bits per heavy atom. The summed E-state index contributed by atoms with van der Waals surface area (Å²) in [7, 11) is 0. The number of aliphatic hydroxyl groups excluding tert-OH is 2. The molecule has 56 valence electrons. The fourth-order valence-electron chi connectivity index (χ4n) is 0.597. The van der Waals surface area contributed by atoms with E-state index in [9.17, 15) is 4.39 Å². The third-order valence-electron chi connectivity index (χ3n) is 1.12. The molecule has 0 saturated carbocycles. The Labute approximate surface area is 54.3 Å². The molecule has 0 bridgehead atoms. The standard InChI is InChI=1S/C6H13FO2/c7-6(3-5-9)2-1-4-8/h6,8-9H,1-5H2. The molecule has 3 heteroatoms. The molecule has 0 aliphatic heterocycles. The van der Waals surface area contributed by atoms with E-state index in [0.717, 1.165) is 0 Å². The van der Waals surface area contributed by atoms with Gasteiger partial charge in [0.25, 0.3) is 0 Å². The Kier molecular flexibility index (Phi) is 5.88. The largest absolute Gasteiger partial charge is 0.396 e. The van der Waals surface area contributed by atoms with Crippen molar-refractivity contribution in [1.82, 2.24) is 0 Å². The molecular formula is C6H13FO2. The molecule has 1 atom stereocenters. The minimum atomic E-state index is -0.942. The van der Waals surface area contributed by atoms with E-state index in [1.54, 1.807) is 0 Å². The molecule has 0 rings (SSSR count). The predicted molar refractivity (Wildman–Crippen MR) is 32.9 cm³/mol. The molecule has 0 amide bonds. The van der Waals surface area contributed by atoms with Crippen LogP contribution in [0.5, 0.6) is 0 Å². The first-order chi connectivity index (χ1) is 4.31. The molecule has 0 aromatic heterocycles. The third-order valence-corrected chi connectivity index (χ3v) is 1.12. The van der Waals surface area contributed by atoms with Crippen LogP contribution in [0.1, 0.15) is 19.3 Å². The van der Waals surface area contributed by atoms with E-state index in [2.05, 4.69) is 0 Å². The van der Waals surface area contributed by atoms with Gasteiger partial charge in [0, 0.05) is 19.6 Å². The number of rotatable bonds is 5. The van der Waals surface area contributed by atoms with Crippen molar-refractivity contribution in [2.45, 2.75) is 25.4 Å². The highest BCUT2D eigenvalue weighted by Crippen LogP contribution is 2.04. The summed E-state index contributed by atoms with van der Waals surface area (Å²) in [5.74, 6) is 0. The lowest BCUT2D eigenvalue weighted by Crippen LogP contribution is -2.03. The van der Waals surface area contributed by atoms with Crippen LogP contribution in [0.3, 0.4) is 0 Å². The Morgan fingerprint density at radius 3 is 2.22 bits per heavy atom. The van der Waals surface area contributed by atoms with Gasteiger partial charge < -0.3 is 10.2 Å². The first-order valence-corrected chi connectivity index (χ1v) is 3.17. The monoisotopic (exact) mass is 136 g/mol. The molecule has 9 heavy (non-hydrogen) atoms. The van der Waals surface area contributed by atoms with Crippen molar-refractivity contribution in [2.24, 2.45) is 0 Å². The van der Waals surface area contributed by atoms with Crippen LogP contribution in [-0.2, 0) is 0 Å². The van der Waals surface area contributed by atoms with E-state index < -0.39 is 6.17 Å². The van der Waals surface area contributed by atoms with Gasteiger partial charge in [0.2, 0.25) is 0 Å². The van der Waals surface area contributed by atoms with Gasteiger partial charge in [-0.1, -0.05) is 0 Å². The first-order valence-electron chi connectivity index (χ1n) is 3.17. The second kappa shape index (κ2) is 5.98. The zero-order chi connectivity index (χ0) is 7.11. The van der Waals surface area contributed by atoms with Crippen LogP contribution in [0.25, 0.3) is 0 Å². The van der Waals surface area contributed by atoms with E-state index in [4.69, 9.17) is 10.2 Å². The summed E-state index contributed by atoms with van der Waals surface area (Å²) in [6.45, 7) is -0.0710. The highest BCUT2D eigenvalue weighted by Gasteiger charge is 2.02. The zero-order valence-electron chi connectivity index (χ0n) is 5.39. The van der Waals surface area contributed by atoms with E-state index in [1.165, 1.54) is 0 Å². The van der Waals surface area contributed by atoms with Crippen LogP contribution in [0, 0.1) is 0 Å². The number of hydrogen-bond donors (Lipinski definition) is 2. The molecule has 0 aromatic rings. The number of alkyl halides is 1. The van der Waals surface area contributed by atoms with Crippen LogP contribution in [-0.4, -0.2) is 29.6 Å². The van der Waals surface area contributed by atoms with Crippen molar-refractivity contribution in [3.05, 3.63) is 0 Å². The minimum absolute atomic E-state index is 0.0336. The van der Waals surface area contributed by atoms with Crippen molar-refractivity contribution < 1.29 is 14.6 Å². The maximum Gasteiger partial charge on any atom is 0.102 e. The zero-order valence-corrected chi connectivity index (χ0v) is 5.39. The maximum atomic E-state index is 12.3. The van der Waals surface area contributed by atoms with Gasteiger partial charge in [-0.3, -0.25) is 0 Å². The molecule has 2 N–H and O–H groups in total. The fourth-order valence-corrected chi connectivity index (χ4v) is 0.597. The Morgan fingerprint density at radius 1 is 1.11 bits per heavy atom. The van der Waals surface area contributed by atoms with Crippen LogP contribution in [0.4, 0.5) is 4.39 Å². The molecule has 1 unspecified atom stereocenters. The highest BCUT2D eigenvalue weighted by atomic mass is 19.1. The summed E-state index contributed by atoms with van der Waals surface area (Å²) in [5.41, 5.74) is 0. The number of hydrogen-bond acceptors (Lipinski definition) is 2. The summed E-state index contributed by atoms with van der Waals surface area (Å²) in [6, 6.07) is 0. The average molecular weight is 136 g/mol. The van der Waals surface area contributed by atoms with Gasteiger partial charge in [-0.15, -0.1) is 0 Å². The molecule has 0 radical (unpaired) electrons. The van der Waals surface area contributed by atoms with Crippen molar-refractivity contribution in [3.8, 4) is 0 Å². The molecule has 2 nitrogen and oxygen atoms in total. The first kappa shape index (κ1) is 8.85. The van der Waals surface area contributed by atoms with E-state index >= 15 is 0 Å². The Bertz CT molecular complexity index is 59.0. The van der Waals surface area contributed by atoms with Crippen LogP contribution < -0.4 is 0 Å². The predicted octanol–water partition coefficient (Wildman–Crippen LogP) is 0.479. The average Bonchev–Trinajstić information content (AvgIpc) is 1.85. The summed E-state index contributed by atoms with van der Waals surface area (Å²) >= 11 is 0. The van der Waals surface area contributed by atoms with Crippen LogP contribution in [0.2, 0.25) is 0 Å². The van der Waals surface area contributed by atoms with Crippen molar-refractivity contribution >= 4 is 0 Å². The van der Waals surface area contributed by atoms with Gasteiger partial charge in [-0.05, 0) is 12.8 Å². The fraction of sp³-hybridized carbons (Fsp3) is 1.00.